The van der Waals surface area contributed by atoms with Gasteiger partial charge in [0, 0.05) is 49.4 Å². The SMILES string of the molecule is c1ccc(-n2ccc3cc4cc(-c5csc6ccccc56)c5cc6c(cc5c4cc32)c2ccccc2n6-c2ccccc2)cc1. The zero-order valence-corrected chi connectivity index (χ0v) is 25.1. The van der Waals surface area contributed by atoms with Crippen molar-refractivity contribution in [2.75, 3.05) is 0 Å². The molecule has 0 spiro atoms. The summed E-state index contributed by atoms with van der Waals surface area (Å²) < 4.78 is 6.05. The van der Waals surface area contributed by atoms with E-state index in [1.54, 1.807) is 0 Å². The summed E-state index contributed by atoms with van der Waals surface area (Å²) in [7, 11) is 0. The van der Waals surface area contributed by atoms with Crippen molar-refractivity contribution in [1.29, 1.82) is 0 Å². The number of hydrogen-bond donors (Lipinski definition) is 0. The van der Waals surface area contributed by atoms with E-state index in [2.05, 4.69) is 166 Å². The summed E-state index contributed by atoms with van der Waals surface area (Å²) in [6.07, 6.45) is 2.19. The van der Waals surface area contributed by atoms with Gasteiger partial charge in [0.05, 0.1) is 16.6 Å². The quantitative estimate of drug-likeness (QED) is 0.181. The largest absolute Gasteiger partial charge is 0.317 e. The normalized spacial score (nSPS) is 12.0. The third-order valence-electron chi connectivity index (χ3n) is 9.37. The lowest BCUT2D eigenvalue weighted by Gasteiger charge is -2.14. The Hall–Kier alpha value is -5.64. The summed E-state index contributed by atoms with van der Waals surface area (Å²) >= 11 is 1.83. The molecule has 0 N–H and O–H groups in total. The van der Waals surface area contributed by atoms with Gasteiger partial charge in [0.2, 0.25) is 0 Å². The topological polar surface area (TPSA) is 9.86 Å². The first-order valence-electron chi connectivity index (χ1n) is 15.3. The maximum absolute atomic E-state index is 2.45. The van der Waals surface area contributed by atoms with Crippen LogP contribution in [0.3, 0.4) is 0 Å². The van der Waals surface area contributed by atoms with E-state index < -0.39 is 0 Å². The van der Waals surface area contributed by atoms with Crippen LogP contribution in [-0.4, -0.2) is 9.13 Å². The molecule has 0 saturated heterocycles. The van der Waals surface area contributed by atoms with Crippen molar-refractivity contribution in [1.82, 2.24) is 9.13 Å². The Morgan fingerprint density at radius 2 is 1.11 bits per heavy atom. The summed E-state index contributed by atoms with van der Waals surface area (Å²) in [6, 6.07) is 53.3. The Kier molecular flexibility index (Phi) is 5.19. The molecule has 210 valence electrons. The van der Waals surface area contributed by atoms with Gasteiger partial charge in [-0.15, -0.1) is 11.3 Å². The predicted molar refractivity (Wildman–Crippen MR) is 193 cm³/mol. The van der Waals surface area contributed by atoms with Crippen molar-refractivity contribution < 1.29 is 0 Å². The van der Waals surface area contributed by atoms with Gasteiger partial charge < -0.3 is 9.13 Å². The summed E-state index contributed by atoms with van der Waals surface area (Å²) in [5.41, 5.74) is 8.59. The van der Waals surface area contributed by atoms with Crippen LogP contribution in [0, 0.1) is 0 Å². The molecule has 0 fully saturated rings. The average Bonchev–Trinajstić information content (AvgIpc) is 3.80. The van der Waals surface area contributed by atoms with Gasteiger partial charge in [-0.05, 0) is 105 Å². The van der Waals surface area contributed by atoms with Crippen LogP contribution < -0.4 is 0 Å². The fourth-order valence-corrected chi connectivity index (χ4v) is 8.29. The number of hydrogen-bond acceptors (Lipinski definition) is 1. The molecule has 7 aromatic carbocycles. The summed E-state index contributed by atoms with van der Waals surface area (Å²) in [5.74, 6) is 0. The van der Waals surface area contributed by atoms with Crippen LogP contribution in [0.1, 0.15) is 0 Å². The lowest BCUT2D eigenvalue weighted by molar-refractivity contribution is 1.13. The predicted octanol–water partition coefficient (Wildman–Crippen LogP) is 11.9. The van der Waals surface area contributed by atoms with Crippen LogP contribution in [0.4, 0.5) is 0 Å². The standard InChI is InChI=1S/C42H26N2S/c1-3-11-29(12-4-1)43-20-19-27-21-28-22-34(38-26-45-42-18-10-8-16-32(38)42)36-25-41-37(23-35(36)33(28)24-40(27)43)31-15-7-9-17-39(31)44(41)30-13-5-2-6-14-30/h1-26H. The van der Waals surface area contributed by atoms with Gasteiger partial charge in [0.1, 0.15) is 0 Å². The lowest BCUT2D eigenvalue weighted by atomic mass is 9.91. The first kappa shape index (κ1) is 24.8. The lowest BCUT2D eigenvalue weighted by Crippen LogP contribution is -1.94. The van der Waals surface area contributed by atoms with Crippen LogP contribution in [0.2, 0.25) is 0 Å². The Morgan fingerprint density at radius 3 is 1.96 bits per heavy atom. The Morgan fingerprint density at radius 1 is 0.400 bits per heavy atom. The fourth-order valence-electron chi connectivity index (χ4n) is 7.32. The zero-order chi connectivity index (χ0) is 29.5. The van der Waals surface area contributed by atoms with E-state index in [0.717, 1.165) is 0 Å². The van der Waals surface area contributed by atoms with Crippen molar-refractivity contribution in [3.05, 3.63) is 157 Å². The third kappa shape index (κ3) is 3.62. The molecule has 3 aromatic heterocycles. The van der Waals surface area contributed by atoms with Crippen LogP contribution in [0.25, 0.3) is 86.8 Å². The molecule has 10 aromatic rings. The van der Waals surface area contributed by atoms with E-state index in [4.69, 9.17) is 0 Å². The number of nitrogens with zero attached hydrogens (tertiary/aromatic N) is 2. The van der Waals surface area contributed by atoms with Gasteiger partial charge in [-0.3, -0.25) is 0 Å². The van der Waals surface area contributed by atoms with E-state index in [1.807, 2.05) is 11.3 Å². The second-order valence-corrected chi connectivity index (χ2v) is 12.7. The van der Waals surface area contributed by atoms with Crippen molar-refractivity contribution >= 4 is 75.7 Å². The Balaban J connectivity index is 1.39. The highest BCUT2D eigenvalue weighted by atomic mass is 32.1. The van der Waals surface area contributed by atoms with Crippen molar-refractivity contribution in [2.45, 2.75) is 0 Å². The molecule has 0 aliphatic heterocycles. The number of thiophene rings is 1. The first-order chi connectivity index (χ1) is 22.3. The number of fused-ring (bicyclic) bond motifs is 8. The van der Waals surface area contributed by atoms with Gasteiger partial charge in [0.15, 0.2) is 0 Å². The van der Waals surface area contributed by atoms with Crippen LogP contribution in [-0.2, 0) is 0 Å². The van der Waals surface area contributed by atoms with E-state index in [9.17, 15) is 0 Å². The summed E-state index contributed by atoms with van der Waals surface area (Å²) in [4.78, 5) is 0. The van der Waals surface area contributed by atoms with Crippen molar-refractivity contribution in [3.63, 3.8) is 0 Å². The molecule has 0 radical (unpaired) electrons. The van der Waals surface area contributed by atoms with Gasteiger partial charge in [0.25, 0.3) is 0 Å². The number of para-hydroxylation sites is 3. The van der Waals surface area contributed by atoms with Crippen LogP contribution >= 0.6 is 11.3 Å². The molecule has 0 aliphatic carbocycles. The van der Waals surface area contributed by atoms with Crippen LogP contribution in [0.5, 0.6) is 0 Å². The number of aromatic nitrogens is 2. The molecule has 0 aliphatic rings. The molecule has 0 atom stereocenters. The van der Waals surface area contributed by atoms with Gasteiger partial charge >= 0.3 is 0 Å². The van der Waals surface area contributed by atoms with Gasteiger partial charge in [-0.2, -0.15) is 0 Å². The van der Waals surface area contributed by atoms with Crippen molar-refractivity contribution in [3.8, 4) is 22.5 Å². The molecule has 3 heterocycles. The summed E-state index contributed by atoms with van der Waals surface area (Å²) in [5, 5.41) is 12.5. The maximum Gasteiger partial charge on any atom is 0.0547 e. The van der Waals surface area contributed by atoms with Crippen molar-refractivity contribution in [2.24, 2.45) is 0 Å². The van der Waals surface area contributed by atoms with E-state index in [-0.39, 0.29) is 0 Å². The van der Waals surface area contributed by atoms with E-state index >= 15 is 0 Å². The minimum absolute atomic E-state index is 1.17. The minimum atomic E-state index is 1.17. The molecule has 3 heteroatoms. The zero-order valence-electron chi connectivity index (χ0n) is 24.3. The van der Waals surface area contributed by atoms with Crippen LogP contribution in [0.15, 0.2) is 157 Å². The molecule has 0 unspecified atom stereocenters. The smallest absolute Gasteiger partial charge is 0.0547 e. The first-order valence-corrected chi connectivity index (χ1v) is 16.2. The molecule has 10 rings (SSSR count). The molecule has 45 heavy (non-hydrogen) atoms. The minimum Gasteiger partial charge on any atom is -0.317 e. The Bertz CT molecular complexity index is 2740. The number of benzene rings is 7. The highest BCUT2D eigenvalue weighted by Crippen LogP contribution is 2.44. The number of rotatable bonds is 3. The third-order valence-corrected chi connectivity index (χ3v) is 10.3. The average molecular weight is 591 g/mol. The maximum atomic E-state index is 2.45. The second-order valence-electron chi connectivity index (χ2n) is 11.8. The van der Waals surface area contributed by atoms with E-state index in [1.165, 1.54) is 86.8 Å². The molecule has 2 nitrogen and oxygen atoms in total. The van der Waals surface area contributed by atoms with Gasteiger partial charge in [-0.1, -0.05) is 72.8 Å². The second kappa shape index (κ2) is 9.43. The molecule has 0 amide bonds. The highest BCUT2D eigenvalue weighted by molar-refractivity contribution is 7.17. The highest BCUT2D eigenvalue weighted by Gasteiger charge is 2.19. The fraction of sp³-hybridized carbons (Fsp3) is 0. The van der Waals surface area contributed by atoms with E-state index in [0.29, 0.717) is 0 Å². The molecule has 0 bridgehead atoms. The monoisotopic (exact) mass is 590 g/mol. The molecular formula is C42H26N2S. The summed E-state index contributed by atoms with van der Waals surface area (Å²) in [6.45, 7) is 0. The molecule has 0 saturated carbocycles. The van der Waals surface area contributed by atoms with Gasteiger partial charge in [-0.25, -0.2) is 0 Å². The molecular weight excluding hydrogens is 565 g/mol. The Labute approximate surface area is 263 Å².